The maximum atomic E-state index is 6.00. The molecule has 4 nitrogen and oxygen atoms in total. The molecule has 2 aromatic heterocycles. The molecule has 0 fully saturated rings. The van der Waals surface area contributed by atoms with Gasteiger partial charge in [0.05, 0.1) is 0 Å². The van der Waals surface area contributed by atoms with Crippen LogP contribution < -0.4 is 0 Å². The summed E-state index contributed by atoms with van der Waals surface area (Å²) in [4.78, 5) is 0. The molecular weight excluding hydrogens is 400 g/mol. The van der Waals surface area contributed by atoms with Gasteiger partial charge in [0, 0.05) is 23.0 Å². The maximum Gasteiger partial charge on any atom is 0.175 e. The smallest absolute Gasteiger partial charge is 0.141 e. The summed E-state index contributed by atoms with van der Waals surface area (Å²) in [6, 6.07) is 8.79. The highest BCUT2D eigenvalue weighted by Crippen LogP contribution is 2.33. The molecule has 126 valence electrons. The molecule has 0 amide bonds. The van der Waals surface area contributed by atoms with Crippen LogP contribution in [0.2, 0.25) is 4.34 Å². The Balaban J connectivity index is 1.51. The molecule has 0 spiro atoms. The van der Waals surface area contributed by atoms with Gasteiger partial charge in [-0.25, -0.2) is 0 Å². The second-order valence-electron chi connectivity index (χ2n) is 5.30. The lowest BCUT2D eigenvalue weighted by atomic mass is 10.0. The zero-order chi connectivity index (χ0) is 16.9. The van der Waals surface area contributed by atoms with Crippen LogP contribution in [-0.2, 0) is 11.5 Å². The molecule has 0 aliphatic carbocycles. The first-order valence-corrected chi connectivity index (χ1v) is 11.2. The summed E-state index contributed by atoms with van der Waals surface area (Å²) >= 11 is 12.1. The Morgan fingerprint density at radius 3 is 2.25 bits per heavy atom. The third kappa shape index (κ3) is 4.92. The van der Waals surface area contributed by atoms with Gasteiger partial charge in [-0.1, -0.05) is 89.1 Å². The van der Waals surface area contributed by atoms with Gasteiger partial charge >= 0.3 is 0 Å². The van der Waals surface area contributed by atoms with E-state index in [1.54, 1.807) is 34.9 Å². The maximum absolute atomic E-state index is 6.00. The minimum Gasteiger partial charge on any atom is -0.141 e. The van der Waals surface area contributed by atoms with Crippen molar-refractivity contribution in [2.75, 3.05) is 0 Å². The fraction of sp³-hybridized carbons (Fsp3) is 0.333. The molecule has 0 bridgehead atoms. The van der Waals surface area contributed by atoms with Crippen molar-refractivity contribution in [2.24, 2.45) is 0 Å². The lowest BCUT2D eigenvalue weighted by Gasteiger charge is -2.05. The van der Waals surface area contributed by atoms with Crippen molar-refractivity contribution < 1.29 is 0 Å². The number of halogens is 1. The van der Waals surface area contributed by atoms with E-state index in [0.29, 0.717) is 16.0 Å². The van der Waals surface area contributed by atoms with Crippen LogP contribution in [-0.4, -0.2) is 19.8 Å². The van der Waals surface area contributed by atoms with Crippen LogP contribution in [0.5, 0.6) is 0 Å². The van der Waals surface area contributed by atoms with Crippen molar-refractivity contribution >= 4 is 58.0 Å². The fourth-order valence-corrected chi connectivity index (χ4v) is 5.58. The van der Waals surface area contributed by atoms with Crippen LogP contribution in [0.15, 0.2) is 32.9 Å². The normalized spacial score (nSPS) is 11.3. The fourth-order valence-electron chi connectivity index (χ4n) is 1.87. The second kappa shape index (κ2) is 8.62. The lowest BCUT2D eigenvalue weighted by molar-refractivity contribution is 0.866. The summed E-state index contributed by atoms with van der Waals surface area (Å²) in [6.07, 6.45) is 0. The van der Waals surface area contributed by atoms with Crippen molar-refractivity contribution in [3.63, 3.8) is 0 Å². The van der Waals surface area contributed by atoms with Gasteiger partial charge in [0.15, 0.2) is 8.68 Å². The Labute approximate surface area is 162 Å². The highest BCUT2D eigenvalue weighted by molar-refractivity contribution is 8.02. The van der Waals surface area contributed by atoms with E-state index in [4.69, 9.17) is 11.6 Å². The van der Waals surface area contributed by atoms with E-state index in [9.17, 15) is 0 Å². The molecule has 1 aromatic carbocycles. The highest BCUT2D eigenvalue weighted by atomic mass is 35.5. The van der Waals surface area contributed by atoms with Gasteiger partial charge in [-0.05, 0) is 17.0 Å². The van der Waals surface area contributed by atoms with E-state index in [1.165, 1.54) is 22.7 Å². The number of hydrogen-bond acceptors (Lipinski definition) is 8. The second-order valence-corrected chi connectivity index (χ2v) is 10.1. The zero-order valence-corrected chi connectivity index (χ0v) is 17.1. The summed E-state index contributed by atoms with van der Waals surface area (Å²) in [5.41, 5.74) is 3.48. The van der Waals surface area contributed by atoms with Crippen molar-refractivity contribution in [3.05, 3.63) is 45.4 Å². The van der Waals surface area contributed by atoms with Gasteiger partial charge in [-0.3, -0.25) is 0 Å². The van der Waals surface area contributed by atoms with Crippen LogP contribution in [0.3, 0.4) is 0 Å². The molecular formula is C15H15ClN4S4. The van der Waals surface area contributed by atoms with Gasteiger partial charge in [0.25, 0.3) is 0 Å². The third-order valence-electron chi connectivity index (χ3n) is 3.24. The largest absolute Gasteiger partial charge is 0.175 e. The van der Waals surface area contributed by atoms with Crippen LogP contribution in [0.4, 0.5) is 0 Å². The minimum atomic E-state index is 0.566. The van der Waals surface area contributed by atoms with Crippen molar-refractivity contribution in [1.29, 1.82) is 0 Å². The van der Waals surface area contributed by atoms with E-state index < -0.39 is 0 Å². The summed E-state index contributed by atoms with van der Waals surface area (Å²) in [5, 5.41) is 12.5. The molecule has 0 saturated carbocycles. The summed E-state index contributed by atoms with van der Waals surface area (Å²) in [6.45, 7) is 4.41. The molecule has 0 unspecified atom stereocenters. The van der Waals surface area contributed by atoms with Gasteiger partial charge < -0.3 is 0 Å². The lowest BCUT2D eigenvalue weighted by Crippen LogP contribution is -1.87. The Morgan fingerprint density at radius 2 is 1.67 bits per heavy atom. The first kappa shape index (κ1) is 18.1. The van der Waals surface area contributed by atoms with E-state index in [0.717, 1.165) is 20.1 Å². The number of thioether (sulfide) groups is 2. The van der Waals surface area contributed by atoms with Gasteiger partial charge in [0.1, 0.15) is 10.0 Å². The van der Waals surface area contributed by atoms with Crippen molar-refractivity contribution in [1.82, 2.24) is 19.8 Å². The number of benzene rings is 1. The van der Waals surface area contributed by atoms with Gasteiger partial charge in [-0.15, -0.1) is 15.3 Å². The van der Waals surface area contributed by atoms with Crippen molar-refractivity contribution in [2.45, 2.75) is 40.0 Å². The predicted octanol–water partition coefficient (Wildman–Crippen LogP) is 5.75. The monoisotopic (exact) mass is 414 g/mol. The molecule has 24 heavy (non-hydrogen) atoms. The number of rotatable bonds is 7. The van der Waals surface area contributed by atoms with Gasteiger partial charge in [-0.2, -0.15) is 0 Å². The minimum absolute atomic E-state index is 0.566. The van der Waals surface area contributed by atoms with Crippen molar-refractivity contribution in [3.8, 4) is 0 Å². The predicted molar refractivity (Wildman–Crippen MR) is 104 cm³/mol. The highest BCUT2D eigenvalue weighted by Gasteiger charge is 2.10. The topological polar surface area (TPSA) is 51.6 Å². The Bertz CT molecular complexity index is 785. The SMILES string of the molecule is CC(C)c1ccc(CSc2nnc(SCc3nnsc3Cl)s2)cc1. The van der Waals surface area contributed by atoms with Crippen LogP contribution >= 0.6 is 58.0 Å². The summed E-state index contributed by atoms with van der Waals surface area (Å²) < 4.78 is 6.38. The molecule has 2 heterocycles. The third-order valence-corrected chi connectivity index (χ3v) is 7.50. The molecule has 3 rings (SSSR count). The Hall–Kier alpha value is -0.670. The number of hydrogen-bond donors (Lipinski definition) is 0. The average molecular weight is 415 g/mol. The first-order valence-electron chi connectivity index (χ1n) is 7.26. The molecule has 0 aliphatic heterocycles. The van der Waals surface area contributed by atoms with Crippen LogP contribution in [0.1, 0.15) is 36.6 Å². The summed E-state index contributed by atoms with van der Waals surface area (Å²) in [5.74, 6) is 2.14. The summed E-state index contributed by atoms with van der Waals surface area (Å²) in [7, 11) is 0. The quantitative estimate of drug-likeness (QED) is 0.458. The molecule has 0 atom stereocenters. The van der Waals surface area contributed by atoms with E-state index in [2.05, 4.69) is 57.9 Å². The standard InChI is InChI=1S/C15H15ClN4S4/c1-9(2)11-5-3-10(4-6-11)7-21-14-18-19-15(23-14)22-8-12-13(16)24-20-17-12/h3-6,9H,7-8H2,1-2H3. The number of aromatic nitrogens is 4. The molecule has 0 aliphatic rings. The Morgan fingerprint density at radius 1 is 1.00 bits per heavy atom. The van der Waals surface area contributed by atoms with E-state index in [-0.39, 0.29) is 0 Å². The van der Waals surface area contributed by atoms with E-state index in [1.807, 2.05) is 0 Å². The Kier molecular flexibility index (Phi) is 6.51. The van der Waals surface area contributed by atoms with Crippen LogP contribution in [0, 0.1) is 0 Å². The molecule has 0 N–H and O–H groups in total. The molecule has 0 saturated heterocycles. The average Bonchev–Trinajstić information content (AvgIpc) is 3.20. The molecule has 0 radical (unpaired) electrons. The van der Waals surface area contributed by atoms with Crippen LogP contribution in [0.25, 0.3) is 0 Å². The first-order chi connectivity index (χ1) is 11.6. The zero-order valence-electron chi connectivity index (χ0n) is 13.1. The number of nitrogens with zero attached hydrogens (tertiary/aromatic N) is 4. The molecule has 3 aromatic rings. The van der Waals surface area contributed by atoms with Gasteiger partial charge in [0.2, 0.25) is 0 Å². The van der Waals surface area contributed by atoms with E-state index >= 15 is 0 Å². The molecule has 9 heteroatoms.